The van der Waals surface area contributed by atoms with Gasteiger partial charge >= 0.3 is 6.36 Å². The highest BCUT2D eigenvalue weighted by atomic mass is 35.5. The molecule has 4 nitrogen and oxygen atoms in total. The first-order chi connectivity index (χ1) is 6.83. The Bertz CT molecular complexity index is 427. The first-order valence-electron chi connectivity index (χ1n) is 3.45. The molecule has 1 heterocycles. The molecule has 0 fully saturated rings. The van der Waals surface area contributed by atoms with E-state index in [0.29, 0.717) is 0 Å². The predicted molar refractivity (Wildman–Crippen MR) is 45.1 cm³/mol. The van der Waals surface area contributed by atoms with Crippen LogP contribution in [0.2, 0.25) is 5.15 Å². The third-order valence-electron chi connectivity index (χ3n) is 1.30. The number of hydrogen-bond acceptors (Lipinski definition) is 4. The number of hydrogen-bond donors (Lipinski definition) is 1. The SMILES string of the molecule is N#Cc1nc(Cl)c(OC(F)(F)F)cc1N. The van der Waals surface area contributed by atoms with Crippen LogP contribution in [0.1, 0.15) is 5.69 Å². The minimum Gasteiger partial charge on any atom is -0.402 e. The maximum atomic E-state index is 11.8. The minimum atomic E-state index is -4.88. The molecule has 0 unspecified atom stereocenters. The second kappa shape index (κ2) is 3.82. The number of nitrogens with zero attached hydrogens (tertiary/aromatic N) is 2. The van der Waals surface area contributed by atoms with Crippen molar-refractivity contribution in [1.82, 2.24) is 4.98 Å². The number of halogens is 4. The number of pyridine rings is 1. The third-order valence-corrected chi connectivity index (χ3v) is 1.58. The van der Waals surface area contributed by atoms with Crippen LogP contribution in [0, 0.1) is 11.3 Å². The minimum absolute atomic E-state index is 0.235. The Morgan fingerprint density at radius 2 is 2.13 bits per heavy atom. The van der Waals surface area contributed by atoms with Crippen molar-refractivity contribution in [3.05, 3.63) is 16.9 Å². The number of nitriles is 1. The monoisotopic (exact) mass is 237 g/mol. The van der Waals surface area contributed by atoms with E-state index in [2.05, 4.69) is 9.72 Å². The maximum absolute atomic E-state index is 11.8. The molecule has 0 aliphatic rings. The van der Waals surface area contributed by atoms with Crippen LogP contribution >= 0.6 is 11.6 Å². The number of alkyl halides is 3. The fourth-order valence-corrected chi connectivity index (χ4v) is 0.950. The first kappa shape index (κ1) is 11.4. The van der Waals surface area contributed by atoms with Crippen LogP contribution in [-0.4, -0.2) is 11.3 Å². The lowest BCUT2D eigenvalue weighted by atomic mass is 10.3. The lowest BCUT2D eigenvalue weighted by molar-refractivity contribution is -0.274. The van der Waals surface area contributed by atoms with E-state index in [-0.39, 0.29) is 11.4 Å². The lowest BCUT2D eigenvalue weighted by Crippen LogP contribution is -2.18. The molecule has 0 spiro atoms. The highest BCUT2D eigenvalue weighted by Gasteiger charge is 2.32. The van der Waals surface area contributed by atoms with Gasteiger partial charge in [0.2, 0.25) is 0 Å². The highest BCUT2D eigenvalue weighted by Crippen LogP contribution is 2.31. The van der Waals surface area contributed by atoms with Crippen molar-refractivity contribution in [2.75, 3.05) is 5.73 Å². The third kappa shape index (κ3) is 2.89. The maximum Gasteiger partial charge on any atom is 0.573 e. The van der Waals surface area contributed by atoms with Crippen molar-refractivity contribution < 1.29 is 17.9 Å². The molecule has 0 saturated carbocycles. The summed E-state index contributed by atoms with van der Waals surface area (Å²) in [6.07, 6.45) is -4.88. The second-order valence-corrected chi connectivity index (χ2v) is 2.73. The molecule has 1 aromatic rings. The van der Waals surface area contributed by atoms with Crippen LogP contribution in [0.3, 0.4) is 0 Å². The van der Waals surface area contributed by atoms with E-state index >= 15 is 0 Å². The van der Waals surface area contributed by atoms with Crippen molar-refractivity contribution in [2.45, 2.75) is 6.36 Å². The molecule has 1 aromatic heterocycles. The Hall–Kier alpha value is -1.68. The van der Waals surface area contributed by atoms with E-state index in [0.717, 1.165) is 6.07 Å². The molecule has 15 heavy (non-hydrogen) atoms. The average molecular weight is 238 g/mol. The molecule has 0 aromatic carbocycles. The van der Waals surface area contributed by atoms with Gasteiger partial charge in [-0.15, -0.1) is 13.2 Å². The van der Waals surface area contributed by atoms with Gasteiger partial charge in [-0.05, 0) is 0 Å². The van der Waals surface area contributed by atoms with Crippen molar-refractivity contribution in [3.63, 3.8) is 0 Å². The number of rotatable bonds is 1. The fourth-order valence-electron chi connectivity index (χ4n) is 0.773. The van der Waals surface area contributed by atoms with Gasteiger partial charge in [0, 0.05) is 6.07 Å². The largest absolute Gasteiger partial charge is 0.573 e. The van der Waals surface area contributed by atoms with Crippen LogP contribution in [0.5, 0.6) is 5.75 Å². The van der Waals surface area contributed by atoms with E-state index < -0.39 is 17.3 Å². The Labute approximate surface area is 87.0 Å². The molecule has 0 amide bonds. The van der Waals surface area contributed by atoms with Gasteiger partial charge in [0.05, 0.1) is 5.69 Å². The van der Waals surface area contributed by atoms with Gasteiger partial charge in [-0.25, -0.2) is 4.98 Å². The molecule has 0 saturated heterocycles. The lowest BCUT2D eigenvalue weighted by Gasteiger charge is -2.10. The quantitative estimate of drug-likeness (QED) is 0.759. The Morgan fingerprint density at radius 3 is 2.60 bits per heavy atom. The van der Waals surface area contributed by atoms with Gasteiger partial charge in [-0.2, -0.15) is 5.26 Å². The molecule has 0 aliphatic heterocycles. The number of anilines is 1. The van der Waals surface area contributed by atoms with Crippen LogP contribution in [-0.2, 0) is 0 Å². The van der Waals surface area contributed by atoms with Crippen molar-refractivity contribution in [3.8, 4) is 11.8 Å². The topological polar surface area (TPSA) is 71.9 Å². The first-order valence-corrected chi connectivity index (χ1v) is 3.83. The summed E-state index contributed by atoms with van der Waals surface area (Å²) in [7, 11) is 0. The molecule has 0 atom stereocenters. The van der Waals surface area contributed by atoms with Crippen LogP contribution in [0.4, 0.5) is 18.9 Å². The summed E-state index contributed by atoms with van der Waals surface area (Å²) in [6.45, 7) is 0. The van der Waals surface area contributed by atoms with Gasteiger partial charge in [0.25, 0.3) is 0 Å². The molecular weight excluding hydrogens is 235 g/mol. The Kier molecular flexibility index (Phi) is 2.90. The number of aromatic nitrogens is 1. The van der Waals surface area contributed by atoms with E-state index in [4.69, 9.17) is 22.6 Å². The zero-order valence-electron chi connectivity index (χ0n) is 6.97. The Balaban J connectivity index is 3.13. The van der Waals surface area contributed by atoms with Crippen molar-refractivity contribution in [2.24, 2.45) is 0 Å². The van der Waals surface area contributed by atoms with Gasteiger partial charge in [0.15, 0.2) is 16.6 Å². The van der Waals surface area contributed by atoms with Crippen molar-refractivity contribution in [1.29, 1.82) is 5.26 Å². The molecular formula is C7H3ClF3N3O. The number of ether oxygens (including phenoxy) is 1. The van der Waals surface area contributed by atoms with Crippen LogP contribution in [0.25, 0.3) is 0 Å². The summed E-state index contributed by atoms with van der Waals surface area (Å²) in [5, 5.41) is 7.88. The number of nitrogens with two attached hydrogens (primary N) is 1. The molecule has 80 valence electrons. The summed E-state index contributed by atoms with van der Waals surface area (Å²) in [4.78, 5) is 3.33. The summed E-state index contributed by atoms with van der Waals surface area (Å²) in [6, 6.07) is 2.36. The van der Waals surface area contributed by atoms with Crippen LogP contribution < -0.4 is 10.5 Å². The van der Waals surface area contributed by atoms with Gasteiger partial charge < -0.3 is 10.5 Å². The summed E-state index contributed by atoms with van der Waals surface area (Å²) in [5.41, 5.74) is 4.74. The van der Waals surface area contributed by atoms with E-state index in [9.17, 15) is 13.2 Å². The van der Waals surface area contributed by atoms with Gasteiger partial charge in [0.1, 0.15) is 6.07 Å². The predicted octanol–water partition coefficient (Wildman–Crippen LogP) is 2.09. The highest BCUT2D eigenvalue weighted by molar-refractivity contribution is 6.31. The zero-order chi connectivity index (χ0) is 11.6. The smallest absolute Gasteiger partial charge is 0.402 e. The standard InChI is InChI=1S/C7H3ClF3N3O/c8-6-5(15-7(9,10)11)1-3(13)4(2-12)14-6/h1H,13H2. The summed E-state index contributed by atoms with van der Waals surface area (Å²) < 4.78 is 39.0. The molecule has 2 N–H and O–H groups in total. The van der Waals surface area contributed by atoms with Gasteiger partial charge in [-0.1, -0.05) is 11.6 Å². The van der Waals surface area contributed by atoms with Crippen molar-refractivity contribution >= 4 is 17.3 Å². The van der Waals surface area contributed by atoms with E-state index in [1.165, 1.54) is 0 Å². The fraction of sp³-hybridized carbons (Fsp3) is 0.143. The number of nitrogen functional groups attached to an aromatic ring is 1. The normalized spacial score (nSPS) is 10.9. The summed E-state index contributed by atoms with van der Waals surface area (Å²) >= 11 is 5.34. The molecule has 0 radical (unpaired) electrons. The zero-order valence-corrected chi connectivity index (χ0v) is 7.73. The molecule has 1 rings (SSSR count). The molecule has 8 heteroatoms. The summed E-state index contributed by atoms with van der Waals surface area (Å²) in [5.74, 6) is -0.735. The average Bonchev–Trinajstić information content (AvgIpc) is 2.08. The van der Waals surface area contributed by atoms with E-state index in [1.807, 2.05) is 0 Å². The van der Waals surface area contributed by atoms with E-state index in [1.54, 1.807) is 6.07 Å². The molecule has 0 aliphatic carbocycles. The Morgan fingerprint density at radius 1 is 1.53 bits per heavy atom. The van der Waals surface area contributed by atoms with Gasteiger partial charge in [-0.3, -0.25) is 0 Å². The second-order valence-electron chi connectivity index (χ2n) is 2.37. The van der Waals surface area contributed by atoms with Crippen LogP contribution in [0.15, 0.2) is 6.07 Å². The molecule has 0 bridgehead atoms.